The van der Waals surface area contributed by atoms with E-state index in [-0.39, 0.29) is 0 Å². The van der Waals surface area contributed by atoms with Crippen LogP contribution in [0.4, 0.5) is 0 Å². The third-order valence-electron chi connectivity index (χ3n) is 3.19. The first-order chi connectivity index (χ1) is 8.63. The normalized spacial score (nSPS) is 12.2. The minimum absolute atomic E-state index is 0.621. The number of hydrogen-bond acceptors (Lipinski definition) is 1. The number of hydrogen-bond donors (Lipinski definition) is 1. The quantitative estimate of drug-likeness (QED) is 0.558. The average Bonchev–Trinajstić information content (AvgIpc) is 2.35. The molecule has 0 aliphatic heterocycles. The van der Waals surface area contributed by atoms with Crippen LogP contribution in [0.1, 0.15) is 51.2 Å². The van der Waals surface area contributed by atoms with Crippen LogP contribution in [0.5, 0.6) is 0 Å². The van der Waals surface area contributed by atoms with Crippen molar-refractivity contribution in [3.05, 3.63) is 47.0 Å². The Labute approximate surface area is 112 Å². The van der Waals surface area contributed by atoms with E-state index in [0.29, 0.717) is 5.92 Å². The summed E-state index contributed by atoms with van der Waals surface area (Å²) in [6.45, 7) is 11.0. The van der Waals surface area contributed by atoms with Gasteiger partial charge in [0.25, 0.3) is 0 Å². The van der Waals surface area contributed by atoms with Gasteiger partial charge in [-0.25, -0.2) is 0 Å². The van der Waals surface area contributed by atoms with Crippen molar-refractivity contribution in [3.63, 3.8) is 0 Å². The molecule has 0 saturated heterocycles. The van der Waals surface area contributed by atoms with Crippen LogP contribution in [0, 0.1) is 0 Å². The molecule has 0 aliphatic carbocycles. The fourth-order valence-electron chi connectivity index (χ4n) is 2.01. The summed E-state index contributed by atoms with van der Waals surface area (Å²) in [6, 6.07) is 9.03. The van der Waals surface area contributed by atoms with E-state index >= 15 is 0 Å². The Kier molecular flexibility index (Phi) is 6.74. The maximum Gasteiger partial charge on any atom is -0.00143 e. The lowest BCUT2D eigenvalue weighted by molar-refractivity contribution is 0.724. The second kappa shape index (κ2) is 8.10. The molecule has 1 heteroatoms. The molecule has 18 heavy (non-hydrogen) atoms. The Morgan fingerprint density at radius 1 is 1.22 bits per heavy atom. The molecular weight excluding hydrogens is 218 g/mol. The molecule has 0 unspecified atom stereocenters. The molecule has 1 rings (SSSR count). The van der Waals surface area contributed by atoms with Gasteiger partial charge in [0.2, 0.25) is 0 Å². The molecule has 0 bridgehead atoms. The minimum Gasteiger partial charge on any atom is -0.317 e. The minimum atomic E-state index is 0.621. The molecular formula is C17H27N. The van der Waals surface area contributed by atoms with Gasteiger partial charge >= 0.3 is 0 Å². The first kappa shape index (κ1) is 15.0. The van der Waals surface area contributed by atoms with Crippen molar-refractivity contribution in [2.45, 2.75) is 46.5 Å². The van der Waals surface area contributed by atoms with Crippen molar-refractivity contribution in [2.24, 2.45) is 0 Å². The van der Waals surface area contributed by atoms with E-state index < -0.39 is 0 Å². The van der Waals surface area contributed by atoms with Gasteiger partial charge in [-0.05, 0) is 49.9 Å². The molecule has 0 spiro atoms. The summed E-state index contributed by atoms with van der Waals surface area (Å²) >= 11 is 0. The Morgan fingerprint density at radius 3 is 2.44 bits per heavy atom. The van der Waals surface area contributed by atoms with Gasteiger partial charge in [-0.3, -0.25) is 0 Å². The summed E-state index contributed by atoms with van der Waals surface area (Å²) in [5, 5.41) is 3.34. The molecule has 0 radical (unpaired) electrons. The van der Waals surface area contributed by atoms with Gasteiger partial charge in [0.1, 0.15) is 0 Å². The Bertz CT molecular complexity index is 360. The molecule has 1 aromatic rings. The third kappa shape index (κ3) is 5.50. The smallest absolute Gasteiger partial charge is 0.00143 e. The maximum atomic E-state index is 3.34. The number of allylic oxidation sites excluding steroid dienone is 1. The van der Waals surface area contributed by atoms with E-state index in [1.54, 1.807) is 0 Å². The van der Waals surface area contributed by atoms with Crippen LogP contribution in [0.25, 0.3) is 0 Å². The first-order valence-corrected chi connectivity index (χ1v) is 7.08. The summed E-state index contributed by atoms with van der Waals surface area (Å²) in [4.78, 5) is 0. The summed E-state index contributed by atoms with van der Waals surface area (Å²) in [5.41, 5.74) is 4.30. The molecule has 0 heterocycles. The van der Waals surface area contributed by atoms with Gasteiger partial charge in [0, 0.05) is 0 Å². The van der Waals surface area contributed by atoms with Crippen LogP contribution in [0.2, 0.25) is 0 Å². The van der Waals surface area contributed by atoms with Crippen LogP contribution >= 0.6 is 0 Å². The van der Waals surface area contributed by atoms with Crippen molar-refractivity contribution in [1.82, 2.24) is 5.32 Å². The van der Waals surface area contributed by atoms with Crippen molar-refractivity contribution in [2.75, 3.05) is 13.1 Å². The molecule has 1 N–H and O–H groups in total. The highest BCUT2D eigenvalue weighted by molar-refractivity contribution is 5.27. The Morgan fingerprint density at radius 2 is 1.89 bits per heavy atom. The molecule has 0 saturated carbocycles. The predicted molar refractivity (Wildman–Crippen MR) is 81.2 cm³/mol. The highest BCUT2D eigenvalue weighted by atomic mass is 14.8. The lowest BCUT2D eigenvalue weighted by Crippen LogP contribution is -2.13. The second-order valence-corrected chi connectivity index (χ2v) is 5.27. The molecule has 0 fully saturated rings. The summed E-state index contributed by atoms with van der Waals surface area (Å²) < 4.78 is 0. The van der Waals surface area contributed by atoms with Crippen LogP contribution in [0.15, 0.2) is 35.9 Å². The first-order valence-electron chi connectivity index (χ1n) is 7.08. The van der Waals surface area contributed by atoms with Crippen LogP contribution in [0.3, 0.4) is 0 Å². The van der Waals surface area contributed by atoms with Crippen LogP contribution in [-0.2, 0) is 6.42 Å². The lowest BCUT2D eigenvalue weighted by atomic mass is 9.99. The third-order valence-corrected chi connectivity index (χ3v) is 3.19. The summed E-state index contributed by atoms with van der Waals surface area (Å²) in [7, 11) is 0. The van der Waals surface area contributed by atoms with Gasteiger partial charge in [0.15, 0.2) is 0 Å². The number of rotatable bonds is 7. The summed E-state index contributed by atoms with van der Waals surface area (Å²) in [5.74, 6) is 0.621. The molecule has 1 nitrogen and oxygen atoms in total. The largest absolute Gasteiger partial charge is 0.317 e. The van der Waals surface area contributed by atoms with Gasteiger partial charge < -0.3 is 5.32 Å². The van der Waals surface area contributed by atoms with E-state index in [2.05, 4.69) is 63.4 Å². The highest BCUT2D eigenvalue weighted by Crippen LogP contribution is 2.16. The van der Waals surface area contributed by atoms with Crippen molar-refractivity contribution < 1.29 is 0 Å². The van der Waals surface area contributed by atoms with Crippen molar-refractivity contribution in [3.8, 4) is 0 Å². The van der Waals surface area contributed by atoms with Gasteiger partial charge in [-0.15, -0.1) is 0 Å². The van der Waals surface area contributed by atoms with E-state index in [0.717, 1.165) is 25.9 Å². The van der Waals surface area contributed by atoms with E-state index in [1.165, 1.54) is 16.7 Å². The number of nitrogens with one attached hydrogen (secondary N) is 1. The zero-order chi connectivity index (χ0) is 13.4. The standard InChI is InChI=1S/C17H27N/c1-5-18-12-6-7-15(4)13-16-8-10-17(11-9-16)14(2)3/h7-11,14,18H,5-6,12-13H2,1-4H3. The van der Waals surface area contributed by atoms with E-state index in [4.69, 9.17) is 0 Å². The predicted octanol–water partition coefficient (Wildman–Crippen LogP) is 4.30. The van der Waals surface area contributed by atoms with Gasteiger partial charge in [-0.2, -0.15) is 0 Å². The molecule has 0 aliphatic rings. The molecule has 1 aromatic carbocycles. The zero-order valence-electron chi connectivity index (χ0n) is 12.3. The van der Waals surface area contributed by atoms with Crippen molar-refractivity contribution in [1.29, 1.82) is 0 Å². The fourth-order valence-corrected chi connectivity index (χ4v) is 2.01. The second-order valence-electron chi connectivity index (χ2n) is 5.27. The topological polar surface area (TPSA) is 12.0 Å². The average molecular weight is 245 g/mol. The zero-order valence-corrected chi connectivity index (χ0v) is 12.3. The Balaban J connectivity index is 2.46. The number of benzene rings is 1. The van der Waals surface area contributed by atoms with E-state index in [9.17, 15) is 0 Å². The fraction of sp³-hybridized carbons (Fsp3) is 0.529. The highest BCUT2D eigenvalue weighted by Gasteiger charge is 1.99. The Hall–Kier alpha value is -1.08. The van der Waals surface area contributed by atoms with Crippen LogP contribution in [-0.4, -0.2) is 13.1 Å². The molecule has 0 amide bonds. The monoisotopic (exact) mass is 245 g/mol. The molecule has 0 aromatic heterocycles. The van der Waals surface area contributed by atoms with E-state index in [1.807, 2.05) is 0 Å². The van der Waals surface area contributed by atoms with Gasteiger partial charge in [0.05, 0.1) is 0 Å². The van der Waals surface area contributed by atoms with Crippen molar-refractivity contribution >= 4 is 0 Å². The van der Waals surface area contributed by atoms with Gasteiger partial charge in [-0.1, -0.05) is 56.7 Å². The van der Waals surface area contributed by atoms with Crippen LogP contribution < -0.4 is 5.32 Å². The summed E-state index contributed by atoms with van der Waals surface area (Å²) in [6.07, 6.45) is 4.55. The SMILES string of the molecule is CCNCCC=C(C)Cc1ccc(C(C)C)cc1. The lowest BCUT2D eigenvalue weighted by Gasteiger charge is -2.07. The maximum absolute atomic E-state index is 3.34. The molecule has 0 atom stereocenters. The molecule has 100 valence electrons.